The van der Waals surface area contributed by atoms with Crippen molar-refractivity contribution in [3.05, 3.63) is 12.0 Å². The van der Waals surface area contributed by atoms with Crippen LogP contribution < -0.4 is 4.72 Å². The molecule has 3 rings (SSSR count). The zero-order chi connectivity index (χ0) is 16.3. The van der Waals surface area contributed by atoms with Gasteiger partial charge in [0.15, 0.2) is 5.03 Å². The van der Waals surface area contributed by atoms with E-state index < -0.39 is 10.0 Å². The molecule has 1 aliphatic heterocycles. The number of likely N-dealkylation sites (tertiary alicyclic amines) is 1. The van der Waals surface area contributed by atoms with Gasteiger partial charge in [-0.3, -0.25) is 4.90 Å². The molecule has 130 valence electrons. The second-order valence-corrected chi connectivity index (χ2v) is 8.59. The molecule has 1 aromatic heterocycles. The Hall–Kier alpha value is -0.920. The van der Waals surface area contributed by atoms with Crippen molar-refractivity contribution < 1.29 is 8.42 Å². The number of H-pyrrole nitrogens is 1. The van der Waals surface area contributed by atoms with Crippen molar-refractivity contribution in [2.45, 2.75) is 68.9 Å². The predicted molar refractivity (Wildman–Crippen MR) is 89.8 cm³/mol. The number of imidazole rings is 1. The Morgan fingerprint density at radius 1 is 1.22 bits per heavy atom. The highest BCUT2D eigenvalue weighted by atomic mass is 32.2. The smallest absolute Gasteiger partial charge is 0.257 e. The van der Waals surface area contributed by atoms with Gasteiger partial charge in [0.25, 0.3) is 10.0 Å². The second kappa shape index (κ2) is 6.91. The summed E-state index contributed by atoms with van der Waals surface area (Å²) in [5, 5.41) is 0.182. The molecule has 2 aliphatic rings. The Morgan fingerprint density at radius 2 is 1.91 bits per heavy atom. The maximum atomic E-state index is 12.5. The molecule has 0 bridgehead atoms. The molecule has 0 atom stereocenters. The van der Waals surface area contributed by atoms with E-state index in [-0.39, 0.29) is 10.6 Å². The first-order valence-electron chi connectivity index (χ1n) is 8.84. The lowest BCUT2D eigenvalue weighted by molar-refractivity contribution is 0.0743. The van der Waals surface area contributed by atoms with Crippen molar-refractivity contribution in [1.29, 1.82) is 0 Å². The Bertz CT molecular complexity index is 614. The molecule has 0 unspecified atom stereocenters. The Labute approximate surface area is 139 Å². The van der Waals surface area contributed by atoms with Crippen molar-refractivity contribution >= 4 is 10.0 Å². The van der Waals surface area contributed by atoms with Gasteiger partial charge in [-0.1, -0.05) is 26.2 Å². The minimum atomic E-state index is -3.51. The van der Waals surface area contributed by atoms with E-state index in [1.165, 1.54) is 38.3 Å². The Morgan fingerprint density at radius 3 is 2.52 bits per heavy atom. The van der Waals surface area contributed by atoms with Crippen LogP contribution in [0.4, 0.5) is 0 Å². The van der Waals surface area contributed by atoms with Crippen LogP contribution >= 0.6 is 0 Å². The molecule has 2 fully saturated rings. The number of rotatable bonds is 6. The lowest BCUT2D eigenvalue weighted by atomic mass is 9.92. The molecular weight excluding hydrogens is 312 g/mol. The van der Waals surface area contributed by atoms with Crippen molar-refractivity contribution in [3.8, 4) is 0 Å². The van der Waals surface area contributed by atoms with Crippen molar-refractivity contribution in [2.75, 3.05) is 19.6 Å². The van der Waals surface area contributed by atoms with Gasteiger partial charge in [-0.05, 0) is 38.8 Å². The minimum Gasteiger partial charge on any atom is -0.332 e. The van der Waals surface area contributed by atoms with Gasteiger partial charge < -0.3 is 4.98 Å². The summed E-state index contributed by atoms with van der Waals surface area (Å²) in [6.07, 6.45) is 10.5. The van der Waals surface area contributed by atoms with E-state index in [9.17, 15) is 8.42 Å². The summed E-state index contributed by atoms with van der Waals surface area (Å²) < 4.78 is 27.9. The molecule has 1 saturated heterocycles. The molecule has 7 heteroatoms. The number of aryl methyl sites for hydroxylation is 1. The van der Waals surface area contributed by atoms with E-state index in [0.29, 0.717) is 18.8 Å². The Balaban J connectivity index is 1.71. The maximum Gasteiger partial charge on any atom is 0.257 e. The van der Waals surface area contributed by atoms with Crippen LogP contribution in [0.25, 0.3) is 0 Å². The molecule has 1 aliphatic carbocycles. The molecule has 6 nitrogen and oxygen atoms in total. The predicted octanol–water partition coefficient (Wildman–Crippen LogP) is 2.05. The number of piperidine rings is 1. The number of nitrogens with zero attached hydrogens (tertiary/aromatic N) is 2. The van der Waals surface area contributed by atoms with Gasteiger partial charge in [0.05, 0.1) is 6.20 Å². The molecule has 23 heavy (non-hydrogen) atoms. The van der Waals surface area contributed by atoms with E-state index in [1.54, 1.807) is 0 Å². The molecule has 1 aromatic rings. The van der Waals surface area contributed by atoms with E-state index in [0.717, 1.165) is 25.9 Å². The zero-order valence-corrected chi connectivity index (χ0v) is 14.8. The maximum absolute atomic E-state index is 12.5. The van der Waals surface area contributed by atoms with Crippen LogP contribution in [-0.4, -0.2) is 48.5 Å². The lowest BCUT2D eigenvalue weighted by Crippen LogP contribution is -2.55. The second-order valence-electron chi connectivity index (χ2n) is 6.85. The summed E-state index contributed by atoms with van der Waals surface area (Å²) in [5.74, 6) is 0.706. The minimum absolute atomic E-state index is 0.0150. The van der Waals surface area contributed by atoms with Crippen LogP contribution in [-0.2, 0) is 16.4 Å². The fraction of sp³-hybridized carbons (Fsp3) is 0.812. The van der Waals surface area contributed by atoms with Crippen LogP contribution in [0, 0.1) is 0 Å². The van der Waals surface area contributed by atoms with Crippen LogP contribution in [0.3, 0.4) is 0 Å². The molecule has 0 spiro atoms. The SMILES string of the molecule is CCc1ncc(S(=O)(=O)NCC2(N3CCCCC3)CCCC2)[nH]1. The third-order valence-corrected chi connectivity index (χ3v) is 6.69. The Kier molecular flexibility index (Phi) is 5.08. The van der Waals surface area contributed by atoms with Gasteiger partial charge in [0.1, 0.15) is 5.82 Å². The molecular formula is C16H28N4O2S. The number of aromatic amines is 1. The fourth-order valence-corrected chi connectivity index (χ4v) is 5.03. The first kappa shape index (κ1) is 16.9. The van der Waals surface area contributed by atoms with Gasteiger partial charge >= 0.3 is 0 Å². The van der Waals surface area contributed by atoms with Crippen molar-refractivity contribution in [2.24, 2.45) is 0 Å². The summed E-state index contributed by atoms with van der Waals surface area (Å²) in [6, 6.07) is 0. The topological polar surface area (TPSA) is 78.1 Å². The third kappa shape index (κ3) is 3.61. The molecule has 2 N–H and O–H groups in total. The van der Waals surface area contributed by atoms with Gasteiger partial charge in [-0.2, -0.15) is 0 Å². The quantitative estimate of drug-likeness (QED) is 0.831. The van der Waals surface area contributed by atoms with Gasteiger partial charge in [0.2, 0.25) is 0 Å². The highest BCUT2D eigenvalue weighted by Gasteiger charge is 2.40. The summed E-state index contributed by atoms with van der Waals surface area (Å²) in [5.41, 5.74) is 0.0150. The highest BCUT2D eigenvalue weighted by Crippen LogP contribution is 2.36. The van der Waals surface area contributed by atoms with E-state index in [2.05, 4.69) is 19.6 Å². The van der Waals surface area contributed by atoms with Crippen LogP contribution in [0.5, 0.6) is 0 Å². The summed E-state index contributed by atoms with van der Waals surface area (Å²) in [6.45, 7) is 4.67. The average molecular weight is 340 g/mol. The van der Waals surface area contributed by atoms with Crippen molar-refractivity contribution in [1.82, 2.24) is 19.6 Å². The standard InChI is InChI=1S/C16H28N4O2S/c1-2-14-17-12-15(19-14)23(21,22)18-13-16(8-4-5-9-16)20-10-6-3-7-11-20/h12,18H,2-11,13H2,1H3,(H,17,19). The number of hydrogen-bond donors (Lipinski definition) is 2. The van der Waals surface area contributed by atoms with Crippen LogP contribution in [0.1, 0.15) is 57.7 Å². The highest BCUT2D eigenvalue weighted by molar-refractivity contribution is 7.89. The zero-order valence-electron chi connectivity index (χ0n) is 14.0. The summed E-state index contributed by atoms with van der Waals surface area (Å²) in [4.78, 5) is 9.54. The van der Waals surface area contributed by atoms with E-state index in [4.69, 9.17) is 0 Å². The van der Waals surface area contributed by atoms with Gasteiger partial charge in [-0.25, -0.2) is 18.1 Å². The van der Waals surface area contributed by atoms with Crippen LogP contribution in [0.15, 0.2) is 11.2 Å². The van der Waals surface area contributed by atoms with Crippen LogP contribution in [0.2, 0.25) is 0 Å². The number of nitrogens with one attached hydrogen (secondary N) is 2. The molecule has 1 saturated carbocycles. The normalized spacial score (nSPS) is 22.5. The summed E-state index contributed by atoms with van der Waals surface area (Å²) >= 11 is 0. The molecule has 0 aromatic carbocycles. The summed E-state index contributed by atoms with van der Waals surface area (Å²) in [7, 11) is -3.51. The largest absolute Gasteiger partial charge is 0.332 e. The van der Waals surface area contributed by atoms with E-state index in [1.807, 2.05) is 6.92 Å². The first-order chi connectivity index (χ1) is 11.1. The van der Waals surface area contributed by atoms with Gasteiger partial charge in [0, 0.05) is 18.5 Å². The monoisotopic (exact) mass is 340 g/mol. The molecule has 0 amide bonds. The lowest BCUT2D eigenvalue weighted by Gasteiger charge is -2.43. The number of hydrogen-bond acceptors (Lipinski definition) is 4. The van der Waals surface area contributed by atoms with Gasteiger partial charge in [-0.15, -0.1) is 0 Å². The van der Waals surface area contributed by atoms with E-state index >= 15 is 0 Å². The van der Waals surface area contributed by atoms with Crippen molar-refractivity contribution in [3.63, 3.8) is 0 Å². The number of aromatic nitrogens is 2. The third-order valence-electron chi connectivity index (χ3n) is 5.38. The molecule has 0 radical (unpaired) electrons. The first-order valence-corrected chi connectivity index (χ1v) is 10.3. The number of sulfonamides is 1. The average Bonchev–Trinajstić information content (AvgIpc) is 3.24. The molecule has 2 heterocycles. The fourth-order valence-electron chi connectivity index (χ4n) is 3.97.